The fraction of sp³-hybridized carbons (Fsp3) is 0.286. The summed E-state index contributed by atoms with van der Waals surface area (Å²) in [6.07, 6.45) is -4.59. The number of nitriles is 1. The molecule has 0 radical (unpaired) electrons. The number of para-hydroxylation sites is 1. The number of hydrogen-bond donors (Lipinski definition) is 0. The molecule has 1 heterocycles. The largest absolute Gasteiger partial charge is 0.490 e. The summed E-state index contributed by atoms with van der Waals surface area (Å²) in [6, 6.07) is 9.83. The van der Waals surface area contributed by atoms with Gasteiger partial charge in [0, 0.05) is 11.1 Å². The van der Waals surface area contributed by atoms with Gasteiger partial charge < -0.3 is 4.74 Å². The summed E-state index contributed by atoms with van der Waals surface area (Å²) in [7, 11) is 0. The van der Waals surface area contributed by atoms with Crippen molar-refractivity contribution in [1.29, 1.82) is 5.26 Å². The molecule has 0 fully saturated rings. The van der Waals surface area contributed by atoms with Gasteiger partial charge in [-0.15, -0.1) is 0 Å². The molecule has 104 valence electrons. The number of nitrogens with zero attached hydrogens (tertiary/aromatic N) is 2. The van der Waals surface area contributed by atoms with Gasteiger partial charge in [0.2, 0.25) is 0 Å². The second kappa shape index (κ2) is 5.37. The van der Waals surface area contributed by atoms with Crippen LogP contribution in [0.2, 0.25) is 0 Å². The number of halogens is 3. The highest BCUT2D eigenvalue weighted by Crippen LogP contribution is 2.28. The first-order chi connectivity index (χ1) is 9.41. The molecule has 20 heavy (non-hydrogen) atoms. The molecule has 0 saturated carbocycles. The molecule has 0 saturated heterocycles. The molecule has 1 unspecified atom stereocenters. The van der Waals surface area contributed by atoms with E-state index in [9.17, 15) is 13.2 Å². The van der Waals surface area contributed by atoms with Gasteiger partial charge in [0.1, 0.15) is 17.9 Å². The third-order valence-electron chi connectivity index (χ3n) is 2.78. The van der Waals surface area contributed by atoms with Crippen LogP contribution in [0.25, 0.3) is 10.9 Å². The van der Waals surface area contributed by atoms with Gasteiger partial charge in [0.25, 0.3) is 0 Å². The summed E-state index contributed by atoms with van der Waals surface area (Å²) in [4.78, 5) is 4.25. The van der Waals surface area contributed by atoms with Crippen molar-refractivity contribution in [2.24, 2.45) is 5.92 Å². The second-order valence-corrected chi connectivity index (χ2v) is 4.31. The molecule has 2 aromatic rings. The summed E-state index contributed by atoms with van der Waals surface area (Å²) in [5.74, 6) is -1.90. The van der Waals surface area contributed by atoms with Gasteiger partial charge in [-0.25, -0.2) is 4.98 Å². The number of hydrogen-bond acceptors (Lipinski definition) is 3. The molecule has 0 bridgehead atoms. The predicted molar refractivity (Wildman–Crippen MR) is 67.1 cm³/mol. The zero-order valence-corrected chi connectivity index (χ0v) is 10.6. The summed E-state index contributed by atoms with van der Waals surface area (Å²) in [6.45, 7) is 1.04. The van der Waals surface area contributed by atoms with E-state index in [-0.39, 0.29) is 5.75 Å². The van der Waals surface area contributed by atoms with Gasteiger partial charge in [-0.3, -0.25) is 0 Å². The molecule has 1 aromatic heterocycles. The first-order valence-electron chi connectivity index (χ1n) is 5.87. The molecular weight excluding hydrogens is 269 g/mol. The Bertz CT molecular complexity index is 661. The molecule has 0 N–H and O–H groups in total. The van der Waals surface area contributed by atoms with Gasteiger partial charge in [-0.05, 0) is 19.1 Å². The fourth-order valence-corrected chi connectivity index (χ4v) is 1.71. The monoisotopic (exact) mass is 280 g/mol. The van der Waals surface area contributed by atoms with E-state index in [2.05, 4.69) is 4.98 Å². The van der Waals surface area contributed by atoms with E-state index in [4.69, 9.17) is 10.00 Å². The molecule has 1 atom stereocenters. The number of pyridine rings is 1. The lowest BCUT2D eigenvalue weighted by molar-refractivity contribution is -0.165. The van der Waals surface area contributed by atoms with E-state index in [1.807, 2.05) is 6.07 Å². The Morgan fingerprint density at radius 2 is 2.05 bits per heavy atom. The van der Waals surface area contributed by atoms with Crippen molar-refractivity contribution in [3.8, 4) is 11.8 Å². The SMILES string of the molecule is Cc1ccc2cccc(OCC(C#N)C(F)(F)F)c2n1. The Labute approximate surface area is 113 Å². The predicted octanol–water partition coefficient (Wildman–Crippen LogP) is 3.62. The molecule has 3 nitrogen and oxygen atoms in total. The lowest BCUT2D eigenvalue weighted by atomic mass is 10.1. The molecule has 0 aliphatic carbocycles. The highest BCUT2D eigenvalue weighted by atomic mass is 19.4. The highest BCUT2D eigenvalue weighted by Gasteiger charge is 2.40. The molecule has 0 aliphatic rings. The van der Waals surface area contributed by atoms with Crippen LogP contribution in [0.15, 0.2) is 30.3 Å². The topological polar surface area (TPSA) is 45.9 Å². The molecule has 0 spiro atoms. The van der Waals surface area contributed by atoms with Crippen LogP contribution in [0.4, 0.5) is 13.2 Å². The minimum atomic E-state index is -4.59. The van der Waals surface area contributed by atoms with Crippen LogP contribution in [0, 0.1) is 24.2 Å². The maximum Gasteiger partial charge on any atom is 0.407 e. The Morgan fingerprint density at radius 3 is 2.70 bits per heavy atom. The zero-order chi connectivity index (χ0) is 14.8. The number of aryl methyl sites for hydroxylation is 1. The van der Waals surface area contributed by atoms with Crippen LogP contribution in [-0.4, -0.2) is 17.8 Å². The number of aromatic nitrogens is 1. The smallest absolute Gasteiger partial charge is 0.407 e. The quantitative estimate of drug-likeness (QED) is 0.862. The Kier molecular flexibility index (Phi) is 3.79. The fourth-order valence-electron chi connectivity index (χ4n) is 1.71. The first-order valence-corrected chi connectivity index (χ1v) is 5.87. The van der Waals surface area contributed by atoms with Crippen LogP contribution in [-0.2, 0) is 0 Å². The number of benzene rings is 1. The Morgan fingerprint density at radius 1 is 1.30 bits per heavy atom. The minimum Gasteiger partial charge on any atom is -0.490 e. The van der Waals surface area contributed by atoms with Crippen molar-refractivity contribution in [2.45, 2.75) is 13.1 Å². The van der Waals surface area contributed by atoms with Gasteiger partial charge in [0.05, 0.1) is 6.07 Å². The number of alkyl halides is 3. The molecular formula is C14H11F3N2O. The normalized spacial score (nSPS) is 12.9. The molecule has 1 aromatic carbocycles. The van der Waals surface area contributed by atoms with Crippen LogP contribution in [0.3, 0.4) is 0 Å². The van der Waals surface area contributed by atoms with Crippen LogP contribution < -0.4 is 4.74 Å². The van der Waals surface area contributed by atoms with Crippen molar-refractivity contribution in [2.75, 3.05) is 6.61 Å². The number of rotatable bonds is 3. The average Bonchev–Trinajstić information content (AvgIpc) is 2.38. The van der Waals surface area contributed by atoms with E-state index >= 15 is 0 Å². The average molecular weight is 280 g/mol. The summed E-state index contributed by atoms with van der Waals surface area (Å²) < 4.78 is 42.6. The lowest BCUT2D eigenvalue weighted by Gasteiger charge is -2.15. The van der Waals surface area contributed by atoms with E-state index in [1.54, 1.807) is 31.2 Å². The maximum absolute atomic E-state index is 12.5. The zero-order valence-electron chi connectivity index (χ0n) is 10.6. The standard InChI is InChI=1S/C14H11F3N2O/c1-9-5-6-10-3-2-4-12(13(10)19-9)20-8-11(7-18)14(15,16)17/h2-6,11H,8H2,1H3. The number of ether oxygens (including phenoxy) is 1. The molecule has 0 aliphatic heterocycles. The van der Waals surface area contributed by atoms with Crippen molar-refractivity contribution in [3.05, 3.63) is 36.0 Å². The van der Waals surface area contributed by atoms with Gasteiger partial charge >= 0.3 is 6.18 Å². The van der Waals surface area contributed by atoms with Crippen LogP contribution >= 0.6 is 0 Å². The minimum absolute atomic E-state index is 0.246. The lowest BCUT2D eigenvalue weighted by Crippen LogP contribution is -2.27. The molecule has 6 heteroatoms. The first kappa shape index (κ1) is 14.1. The van der Waals surface area contributed by atoms with Crippen molar-refractivity contribution < 1.29 is 17.9 Å². The third-order valence-corrected chi connectivity index (χ3v) is 2.78. The third kappa shape index (κ3) is 2.99. The van der Waals surface area contributed by atoms with Gasteiger partial charge in [0.15, 0.2) is 5.92 Å². The number of fused-ring (bicyclic) bond motifs is 1. The van der Waals surface area contributed by atoms with E-state index in [0.29, 0.717) is 5.52 Å². The van der Waals surface area contributed by atoms with Crippen molar-refractivity contribution in [3.63, 3.8) is 0 Å². The molecule has 0 amide bonds. The van der Waals surface area contributed by atoms with E-state index in [0.717, 1.165) is 11.1 Å². The van der Waals surface area contributed by atoms with Crippen molar-refractivity contribution in [1.82, 2.24) is 4.98 Å². The highest BCUT2D eigenvalue weighted by molar-refractivity contribution is 5.84. The Hall–Kier alpha value is -2.29. The molecule has 2 rings (SSSR count). The van der Waals surface area contributed by atoms with E-state index < -0.39 is 18.7 Å². The summed E-state index contributed by atoms with van der Waals surface area (Å²) in [5, 5.41) is 9.30. The van der Waals surface area contributed by atoms with E-state index in [1.165, 1.54) is 6.07 Å². The maximum atomic E-state index is 12.5. The van der Waals surface area contributed by atoms with Crippen LogP contribution in [0.5, 0.6) is 5.75 Å². The van der Waals surface area contributed by atoms with Crippen LogP contribution in [0.1, 0.15) is 5.69 Å². The van der Waals surface area contributed by atoms with Gasteiger partial charge in [-0.2, -0.15) is 18.4 Å². The summed E-state index contributed by atoms with van der Waals surface area (Å²) >= 11 is 0. The summed E-state index contributed by atoms with van der Waals surface area (Å²) in [5.41, 5.74) is 1.23. The second-order valence-electron chi connectivity index (χ2n) is 4.31. The Balaban J connectivity index is 2.26. The van der Waals surface area contributed by atoms with Gasteiger partial charge in [-0.1, -0.05) is 18.2 Å². The van der Waals surface area contributed by atoms with Crippen molar-refractivity contribution >= 4 is 10.9 Å².